The van der Waals surface area contributed by atoms with Crippen LogP contribution in [0.5, 0.6) is 0 Å². The molecule has 1 saturated heterocycles. The zero-order chi connectivity index (χ0) is 5.98. The van der Waals surface area contributed by atoms with E-state index in [-0.39, 0.29) is 24.6 Å². The van der Waals surface area contributed by atoms with E-state index >= 15 is 0 Å². The maximum Gasteiger partial charge on any atom is 0.0904 e. The lowest BCUT2D eigenvalue weighted by Crippen LogP contribution is -2.27. The highest BCUT2D eigenvalue weighted by molar-refractivity contribution is 5.85. The van der Waals surface area contributed by atoms with E-state index in [1.165, 1.54) is 0 Å². The molecular formula is C6H12ClNO. The maximum absolute atomic E-state index is 5.59. The predicted molar refractivity (Wildman–Crippen MR) is 39.8 cm³/mol. The minimum Gasteiger partial charge on any atom is -0.372 e. The molecular weight excluding hydrogens is 138 g/mol. The van der Waals surface area contributed by atoms with Crippen LogP contribution in [0.1, 0.15) is 6.42 Å². The van der Waals surface area contributed by atoms with Gasteiger partial charge in [-0.3, -0.25) is 0 Å². The Labute approximate surface area is 61.5 Å². The highest BCUT2D eigenvalue weighted by Crippen LogP contribution is 2.10. The van der Waals surface area contributed by atoms with Gasteiger partial charge in [0.15, 0.2) is 0 Å². The average Bonchev–Trinajstić information content (AvgIpc) is 2.14. The van der Waals surface area contributed by atoms with E-state index in [2.05, 4.69) is 6.58 Å². The largest absolute Gasteiger partial charge is 0.372 e. The molecule has 0 saturated carbocycles. The standard InChI is InChI=1S/C6H11NO.ClH/c1-2-6-5(7)3-4-8-6;/h2,5-6H,1,3-4,7H2;1H/t5-,6+;/m1./s1. The molecule has 1 aliphatic rings. The zero-order valence-electron chi connectivity index (χ0n) is 5.25. The first kappa shape index (κ1) is 8.95. The summed E-state index contributed by atoms with van der Waals surface area (Å²) in [7, 11) is 0. The minimum absolute atomic E-state index is 0. The van der Waals surface area contributed by atoms with Gasteiger partial charge < -0.3 is 10.5 Å². The molecule has 2 atom stereocenters. The van der Waals surface area contributed by atoms with Crippen LogP contribution in [0.15, 0.2) is 12.7 Å². The smallest absolute Gasteiger partial charge is 0.0904 e. The van der Waals surface area contributed by atoms with Gasteiger partial charge in [-0.05, 0) is 6.42 Å². The van der Waals surface area contributed by atoms with Crippen molar-refractivity contribution in [2.24, 2.45) is 5.73 Å². The Kier molecular flexibility index (Phi) is 3.86. The van der Waals surface area contributed by atoms with Crippen LogP contribution in [-0.4, -0.2) is 18.8 Å². The molecule has 1 rings (SSSR count). The Morgan fingerprint density at radius 1 is 1.67 bits per heavy atom. The molecule has 0 aliphatic carbocycles. The van der Waals surface area contributed by atoms with E-state index in [1.54, 1.807) is 6.08 Å². The van der Waals surface area contributed by atoms with Crippen molar-refractivity contribution in [2.45, 2.75) is 18.6 Å². The van der Waals surface area contributed by atoms with Crippen molar-refractivity contribution in [1.29, 1.82) is 0 Å². The third-order valence-electron chi connectivity index (χ3n) is 1.42. The summed E-state index contributed by atoms with van der Waals surface area (Å²) in [5, 5.41) is 0. The summed E-state index contributed by atoms with van der Waals surface area (Å²) in [5.41, 5.74) is 5.59. The van der Waals surface area contributed by atoms with Crippen LogP contribution in [-0.2, 0) is 4.74 Å². The molecule has 2 nitrogen and oxygen atoms in total. The van der Waals surface area contributed by atoms with Crippen molar-refractivity contribution in [3.05, 3.63) is 12.7 Å². The Morgan fingerprint density at radius 2 is 2.33 bits per heavy atom. The average molecular weight is 150 g/mol. The van der Waals surface area contributed by atoms with Crippen LogP contribution in [0.4, 0.5) is 0 Å². The molecule has 0 aromatic rings. The molecule has 54 valence electrons. The first-order chi connectivity index (χ1) is 3.84. The summed E-state index contributed by atoms with van der Waals surface area (Å²) < 4.78 is 5.17. The fourth-order valence-corrected chi connectivity index (χ4v) is 0.871. The summed E-state index contributed by atoms with van der Waals surface area (Å²) in [6.07, 6.45) is 2.84. The molecule has 1 aliphatic heterocycles. The molecule has 0 aromatic heterocycles. The number of ether oxygens (including phenoxy) is 1. The monoisotopic (exact) mass is 149 g/mol. The first-order valence-corrected chi connectivity index (χ1v) is 2.84. The Hall–Kier alpha value is -0.0500. The van der Waals surface area contributed by atoms with Crippen molar-refractivity contribution in [3.63, 3.8) is 0 Å². The SMILES string of the molecule is C=C[C@@H]1OCC[C@H]1N.Cl. The second-order valence-electron chi connectivity index (χ2n) is 2.02. The first-order valence-electron chi connectivity index (χ1n) is 2.84. The van der Waals surface area contributed by atoms with Crippen molar-refractivity contribution in [1.82, 2.24) is 0 Å². The molecule has 0 bridgehead atoms. The third kappa shape index (κ3) is 1.97. The number of halogens is 1. The lowest BCUT2D eigenvalue weighted by molar-refractivity contribution is 0.140. The second-order valence-corrected chi connectivity index (χ2v) is 2.02. The molecule has 0 aromatic carbocycles. The van der Waals surface area contributed by atoms with E-state index in [0.717, 1.165) is 13.0 Å². The van der Waals surface area contributed by atoms with Gasteiger partial charge in [0.1, 0.15) is 0 Å². The molecule has 0 spiro atoms. The molecule has 0 unspecified atom stereocenters. The van der Waals surface area contributed by atoms with E-state index < -0.39 is 0 Å². The number of hydrogen-bond acceptors (Lipinski definition) is 2. The van der Waals surface area contributed by atoms with Crippen LogP contribution >= 0.6 is 12.4 Å². The van der Waals surface area contributed by atoms with Crippen LogP contribution in [0.25, 0.3) is 0 Å². The van der Waals surface area contributed by atoms with E-state index in [1.807, 2.05) is 0 Å². The van der Waals surface area contributed by atoms with Gasteiger partial charge in [-0.2, -0.15) is 0 Å². The molecule has 0 radical (unpaired) electrons. The van der Waals surface area contributed by atoms with Crippen molar-refractivity contribution in [2.75, 3.05) is 6.61 Å². The van der Waals surface area contributed by atoms with Gasteiger partial charge in [0.2, 0.25) is 0 Å². The summed E-state index contributed by atoms with van der Waals surface area (Å²) in [6.45, 7) is 4.38. The zero-order valence-corrected chi connectivity index (χ0v) is 6.06. The van der Waals surface area contributed by atoms with Gasteiger partial charge in [-0.1, -0.05) is 6.08 Å². The molecule has 2 N–H and O–H groups in total. The summed E-state index contributed by atoms with van der Waals surface area (Å²) in [4.78, 5) is 0. The van der Waals surface area contributed by atoms with E-state index in [0.29, 0.717) is 0 Å². The lowest BCUT2D eigenvalue weighted by atomic mass is 10.1. The van der Waals surface area contributed by atoms with Gasteiger partial charge in [0, 0.05) is 12.6 Å². The van der Waals surface area contributed by atoms with Gasteiger partial charge >= 0.3 is 0 Å². The number of rotatable bonds is 1. The van der Waals surface area contributed by atoms with Crippen molar-refractivity contribution < 1.29 is 4.74 Å². The van der Waals surface area contributed by atoms with Crippen LogP contribution < -0.4 is 5.73 Å². The molecule has 9 heavy (non-hydrogen) atoms. The number of hydrogen-bond donors (Lipinski definition) is 1. The van der Waals surface area contributed by atoms with Crippen LogP contribution in [0.3, 0.4) is 0 Å². The predicted octanol–water partition coefficient (Wildman–Crippen LogP) is 0.710. The third-order valence-corrected chi connectivity index (χ3v) is 1.42. The topological polar surface area (TPSA) is 35.2 Å². The molecule has 3 heteroatoms. The van der Waals surface area contributed by atoms with Crippen LogP contribution in [0.2, 0.25) is 0 Å². The summed E-state index contributed by atoms with van der Waals surface area (Å²) >= 11 is 0. The highest BCUT2D eigenvalue weighted by Gasteiger charge is 2.20. The van der Waals surface area contributed by atoms with E-state index in [9.17, 15) is 0 Å². The van der Waals surface area contributed by atoms with E-state index in [4.69, 9.17) is 10.5 Å². The lowest BCUT2D eigenvalue weighted by Gasteiger charge is -2.06. The normalized spacial score (nSPS) is 33.4. The van der Waals surface area contributed by atoms with Gasteiger partial charge in [0.25, 0.3) is 0 Å². The minimum atomic E-state index is 0. The number of nitrogens with two attached hydrogens (primary N) is 1. The molecule has 0 amide bonds. The Morgan fingerprint density at radius 3 is 2.56 bits per heavy atom. The summed E-state index contributed by atoms with van der Waals surface area (Å²) in [5.74, 6) is 0. The second kappa shape index (κ2) is 3.88. The Balaban J connectivity index is 0.000000640. The molecule has 1 heterocycles. The fraction of sp³-hybridized carbons (Fsp3) is 0.667. The van der Waals surface area contributed by atoms with Gasteiger partial charge in [-0.25, -0.2) is 0 Å². The summed E-state index contributed by atoms with van der Waals surface area (Å²) in [6, 6.07) is 0.187. The van der Waals surface area contributed by atoms with Crippen LogP contribution in [0, 0.1) is 0 Å². The fourth-order valence-electron chi connectivity index (χ4n) is 0.871. The van der Waals surface area contributed by atoms with Gasteiger partial charge in [-0.15, -0.1) is 19.0 Å². The van der Waals surface area contributed by atoms with Gasteiger partial charge in [0.05, 0.1) is 6.10 Å². The Bertz CT molecular complexity index is 97.1. The molecule has 1 fully saturated rings. The van der Waals surface area contributed by atoms with Crippen molar-refractivity contribution in [3.8, 4) is 0 Å². The highest BCUT2D eigenvalue weighted by atomic mass is 35.5. The quantitative estimate of drug-likeness (QED) is 0.558. The van der Waals surface area contributed by atoms with Crippen molar-refractivity contribution >= 4 is 12.4 Å². The maximum atomic E-state index is 5.59.